The molecule has 0 saturated heterocycles. The number of alkyl halides is 5. The minimum Gasteiger partial charge on any atom is -0.327 e. The summed E-state index contributed by atoms with van der Waals surface area (Å²) < 4.78 is 91.2. The molecule has 32 heavy (non-hydrogen) atoms. The average molecular weight is 469 g/mol. The predicted octanol–water partition coefficient (Wildman–Crippen LogP) is 7.68. The fraction of sp³-hybridized carbons (Fsp3) is 0.750. The highest BCUT2D eigenvalue weighted by Crippen LogP contribution is 2.49. The van der Waals surface area contributed by atoms with E-state index in [9.17, 15) is 8.78 Å². The molecular weight excluding hydrogens is 431 g/mol. The van der Waals surface area contributed by atoms with Gasteiger partial charge in [0.25, 0.3) is 12.3 Å². The summed E-state index contributed by atoms with van der Waals surface area (Å²) in [6.45, 7) is 6.35. The van der Waals surface area contributed by atoms with E-state index in [4.69, 9.17) is 14.2 Å². The third kappa shape index (κ3) is 8.60. The van der Waals surface area contributed by atoms with E-state index in [0.29, 0.717) is 12.8 Å². The van der Waals surface area contributed by atoms with Gasteiger partial charge in [0.05, 0.1) is 12.2 Å². The van der Waals surface area contributed by atoms with Crippen LogP contribution in [0.15, 0.2) is 30.3 Å². The molecule has 0 bridgehead atoms. The first kappa shape index (κ1) is 28.8. The maximum atomic E-state index is 15.9. The average Bonchev–Trinajstić information content (AvgIpc) is 2.67. The van der Waals surface area contributed by atoms with Gasteiger partial charge in [-0.15, -0.1) is 0 Å². The number of hydrogen-bond donors (Lipinski definition) is 0. The molecule has 0 spiro atoms. The van der Waals surface area contributed by atoms with Gasteiger partial charge in [-0.1, -0.05) is 62.9 Å². The van der Waals surface area contributed by atoms with Gasteiger partial charge in [0, 0.05) is 12.8 Å². The Balaban J connectivity index is 3.20. The zero-order chi connectivity index (χ0) is 24.4. The SMILES string of the molecule is CCCCCCCC(F)(F)C(F)(F)C(F)(Cc1ccccc1)OC(OC(C)C)OC(C)C. The summed E-state index contributed by atoms with van der Waals surface area (Å²) >= 11 is 0. The highest BCUT2D eigenvalue weighted by atomic mass is 19.3. The van der Waals surface area contributed by atoms with Gasteiger partial charge in [-0.25, -0.2) is 4.39 Å². The van der Waals surface area contributed by atoms with Gasteiger partial charge in [-0.05, 0) is 39.7 Å². The van der Waals surface area contributed by atoms with Crippen molar-refractivity contribution in [3.8, 4) is 0 Å². The molecule has 0 radical (unpaired) electrons. The summed E-state index contributed by atoms with van der Waals surface area (Å²) in [5, 5.41) is 0. The smallest absolute Gasteiger partial charge is 0.327 e. The van der Waals surface area contributed by atoms with Gasteiger partial charge < -0.3 is 9.47 Å². The fourth-order valence-electron chi connectivity index (χ4n) is 3.15. The second-order valence-electron chi connectivity index (χ2n) is 8.61. The molecule has 1 atom stereocenters. The van der Waals surface area contributed by atoms with E-state index in [2.05, 4.69) is 0 Å². The first-order valence-corrected chi connectivity index (χ1v) is 11.3. The van der Waals surface area contributed by atoms with Crippen LogP contribution in [0.25, 0.3) is 0 Å². The number of hydrogen-bond acceptors (Lipinski definition) is 3. The molecular formula is C24H37F5O3. The molecule has 0 aliphatic rings. The summed E-state index contributed by atoms with van der Waals surface area (Å²) in [6.07, 6.45) is -0.789. The van der Waals surface area contributed by atoms with Crippen molar-refractivity contribution >= 4 is 0 Å². The van der Waals surface area contributed by atoms with E-state index < -0.39 is 49.2 Å². The van der Waals surface area contributed by atoms with E-state index in [1.54, 1.807) is 33.8 Å². The number of rotatable bonds is 16. The van der Waals surface area contributed by atoms with Gasteiger partial charge >= 0.3 is 11.8 Å². The molecule has 3 nitrogen and oxygen atoms in total. The number of ether oxygens (including phenoxy) is 3. The summed E-state index contributed by atoms with van der Waals surface area (Å²) in [5.74, 6) is -13.8. The van der Waals surface area contributed by atoms with Crippen molar-refractivity contribution in [2.45, 2.75) is 116 Å². The zero-order valence-corrected chi connectivity index (χ0v) is 19.7. The van der Waals surface area contributed by atoms with Crippen LogP contribution in [-0.2, 0) is 20.6 Å². The Morgan fingerprint density at radius 2 is 1.31 bits per heavy atom. The van der Waals surface area contributed by atoms with Crippen LogP contribution in [0.1, 0.15) is 78.7 Å². The molecule has 0 N–H and O–H groups in total. The Hall–Kier alpha value is -1.25. The van der Waals surface area contributed by atoms with Crippen LogP contribution in [0.3, 0.4) is 0 Å². The molecule has 0 aliphatic carbocycles. The molecule has 0 aliphatic heterocycles. The maximum Gasteiger partial charge on any atom is 0.367 e. The summed E-state index contributed by atoms with van der Waals surface area (Å²) in [5.41, 5.74) is 0.0845. The molecule has 1 unspecified atom stereocenters. The molecule has 0 amide bonds. The molecule has 0 aromatic heterocycles. The molecule has 1 aromatic rings. The Labute approximate surface area is 188 Å². The lowest BCUT2D eigenvalue weighted by Crippen LogP contribution is -2.60. The van der Waals surface area contributed by atoms with Gasteiger partial charge in [0.1, 0.15) is 0 Å². The minimum atomic E-state index is -5.13. The molecule has 8 heteroatoms. The standard InChI is InChI=1S/C24H37F5O3/c1-6-7-8-9-13-16-22(25,26)24(28,29)23(27,17-20-14-11-10-12-15-20)32-21(30-18(2)3)31-19(4)5/h10-12,14-15,18-19,21H,6-9,13,16-17H2,1-5H3. The van der Waals surface area contributed by atoms with Crippen LogP contribution in [0.4, 0.5) is 22.0 Å². The van der Waals surface area contributed by atoms with E-state index in [1.807, 2.05) is 6.92 Å². The van der Waals surface area contributed by atoms with Crippen molar-refractivity contribution < 1.29 is 36.2 Å². The third-order valence-corrected chi connectivity index (χ3v) is 4.85. The first-order valence-electron chi connectivity index (χ1n) is 11.3. The van der Waals surface area contributed by atoms with Crippen LogP contribution < -0.4 is 0 Å². The summed E-state index contributed by atoms with van der Waals surface area (Å²) in [4.78, 5) is 0. The number of unbranched alkanes of at least 4 members (excludes halogenated alkanes) is 4. The van der Waals surface area contributed by atoms with Gasteiger partial charge in [0.15, 0.2) is 0 Å². The number of halogens is 5. The molecule has 1 rings (SSSR count). The Bertz CT molecular complexity index is 630. The van der Waals surface area contributed by atoms with E-state index >= 15 is 13.2 Å². The Kier molecular flexibility index (Phi) is 11.6. The van der Waals surface area contributed by atoms with Crippen LogP contribution >= 0.6 is 0 Å². The minimum absolute atomic E-state index is 0.0845. The lowest BCUT2D eigenvalue weighted by atomic mass is 9.93. The quantitative estimate of drug-likeness (QED) is 0.141. The lowest BCUT2D eigenvalue weighted by Gasteiger charge is -2.40. The summed E-state index contributed by atoms with van der Waals surface area (Å²) in [6, 6.07) is 7.37. The molecule has 0 saturated carbocycles. The van der Waals surface area contributed by atoms with E-state index in [0.717, 1.165) is 12.8 Å². The molecule has 0 heterocycles. The van der Waals surface area contributed by atoms with Crippen molar-refractivity contribution in [3.05, 3.63) is 35.9 Å². The van der Waals surface area contributed by atoms with Crippen LogP contribution in [0.2, 0.25) is 0 Å². The van der Waals surface area contributed by atoms with Gasteiger partial charge in [0.2, 0.25) is 0 Å². The molecule has 186 valence electrons. The lowest BCUT2D eigenvalue weighted by molar-refractivity contribution is -0.428. The van der Waals surface area contributed by atoms with Crippen molar-refractivity contribution in [2.24, 2.45) is 0 Å². The van der Waals surface area contributed by atoms with E-state index in [1.165, 1.54) is 24.3 Å². The second-order valence-corrected chi connectivity index (χ2v) is 8.61. The predicted molar refractivity (Wildman–Crippen MR) is 115 cm³/mol. The molecule has 1 aromatic carbocycles. The van der Waals surface area contributed by atoms with Crippen molar-refractivity contribution in [1.82, 2.24) is 0 Å². The highest BCUT2D eigenvalue weighted by molar-refractivity contribution is 5.18. The van der Waals surface area contributed by atoms with Gasteiger partial charge in [-0.2, -0.15) is 17.6 Å². The first-order chi connectivity index (χ1) is 14.8. The molecule has 0 fully saturated rings. The van der Waals surface area contributed by atoms with Crippen LogP contribution in [-0.4, -0.2) is 36.4 Å². The maximum absolute atomic E-state index is 15.9. The Morgan fingerprint density at radius 1 is 0.781 bits per heavy atom. The second kappa shape index (κ2) is 12.8. The zero-order valence-electron chi connectivity index (χ0n) is 19.7. The van der Waals surface area contributed by atoms with Crippen LogP contribution in [0, 0.1) is 0 Å². The largest absolute Gasteiger partial charge is 0.367 e. The normalized spacial score (nSPS) is 15.0. The van der Waals surface area contributed by atoms with Crippen molar-refractivity contribution in [3.63, 3.8) is 0 Å². The van der Waals surface area contributed by atoms with E-state index in [-0.39, 0.29) is 12.0 Å². The monoisotopic (exact) mass is 468 g/mol. The van der Waals surface area contributed by atoms with Crippen molar-refractivity contribution in [2.75, 3.05) is 0 Å². The third-order valence-electron chi connectivity index (χ3n) is 4.85. The van der Waals surface area contributed by atoms with Crippen LogP contribution in [0.5, 0.6) is 0 Å². The van der Waals surface area contributed by atoms with Crippen molar-refractivity contribution in [1.29, 1.82) is 0 Å². The summed E-state index contributed by atoms with van der Waals surface area (Å²) in [7, 11) is 0. The highest BCUT2D eigenvalue weighted by Gasteiger charge is 2.71. The fourth-order valence-corrected chi connectivity index (χ4v) is 3.15. The van der Waals surface area contributed by atoms with Gasteiger partial charge in [-0.3, -0.25) is 4.74 Å². The topological polar surface area (TPSA) is 27.7 Å². The Morgan fingerprint density at radius 3 is 1.81 bits per heavy atom. The number of benzene rings is 1.